The van der Waals surface area contributed by atoms with Crippen LogP contribution in [0.5, 0.6) is 0 Å². The SMILES string of the molecule is Cc1ccc(NCCCCCCCN)cc1C(=O)NC1=NC(C)C(C)S1. The summed E-state index contributed by atoms with van der Waals surface area (Å²) in [5.74, 6) is -0.0829. The number of aliphatic imine (C=N–C) groups is 1. The summed E-state index contributed by atoms with van der Waals surface area (Å²) in [4.78, 5) is 17.1. The van der Waals surface area contributed by atoms with Crippen molar-refractivity contribution in [3.63, 3.8) is 0 Å². The van der Waals surface area contributed by atoms with Crippen molar-refractivity contribution < 1.29 is 4.79 Å². The number of benzene rings is 1. The molecule has 0 bridgehead atoms. The highest BCUT2D eigenvalue weighted by atomic mass is 32.2. The van der Waals surface area contributed by atoms with E-state index in [4.69, 9.17) is 5.73 Å². The zero-order chi connectivity index (χ0) is 18.9. The first-order valence-electron chi connectivity index (χ1n) is 9.61. The van der Waals surface area contributed by atoms with E-state index in [0.29, 0.717) is 10.8 Å². The van der Waals surface area contributed by atoms with Crippen molar-refractivity contribution in [2.45, 2.75) is 64.2 Å². The summed E-state index contributed by atoms with van der Waals surface area (Å²) in [6.07, 6.45) is 5.90. The lowest BCUT2D eigenvalue weighted by Crippen LogP contribution is -2.28. The highest BCUT2D eigenvalue weighted by Crippen LogP contribution is 2.25. The molecule has 1 aliphatic heterocycles. The molecule has 2 atom stereocenters. The van der Waals surface area contributed by atoms with E-state index < -0.39 is 0 Å². The predicted octanol–water partition coefficient (Wildman–Crippen LogP) is 3.93. The van der Waals surface area contributed by atoms with Gasteiger partial charge in [-0.2, -0.15) is 0 Å². The molecule has 1 amide bonds. The Kier molecular flexibility index (Phi) is 8.45. The lowest BCUT2D eigenvalue weighted by Gasteiger charge is -2.11. The van der Waals surface area contributed by atoms with Gasteiger partial charge < -0.3 is 16.4 Å². The van der Waals surface area contributed by atoms with Crippen LogP contribution in [-0.4, -0.2) is 35.5 Å². The van der Waals surface area contributed by atoms with Gasteiger partial charge in [0.05, 0.1) is 6.04 Å². The van der Waals surface area contributed by atoms with Crippen LogP contribution >= 0.6 is 11.8 Å². The molecule has 0 spiro atoms. The third kappa shape index (κ3) is 6.32. The molecule has 4 N–H and O–H groups in total. The first kappa shape index (κ1) is 20.8. The van der Waals surface area contributed by atoms with E-state index in [9.17, 15) is 4.79 Å². The summed E-state index contributed by atoms with van der Waals surface area (Å²) < 4.78 is 0. The smallest absolute Gasteiger partial charge is 0.257 e. The number of unbranched alkanes of at least 4 members (excludes halogenated alkanes) is 4. The first-order chi connectivity index (χ1) is 12.5. The fourth-order valence-electron chi connectivity index (χ4n) is 2.83. The molecule has 0 aromatic heterocycles. The highest BCUT2D eigenvalue weighted by Gasteiger charge is 2.24. The molecule has 144 valence electrons. The van der Waals surface area contributed by atoms with Crippen molar-refractivity contribution in [3.05, 3.63) is 29.3 Å². The largest absolute Gasteiger partial charge is 0.385 e. The van der Waals surface area contributed by atoms with Gasteiger partial charge in [-0.05, 0) is 50.9 Å². The Morgan fingerprint density at radius 3 is 2.62 bits per heavy atom. The molecule has 6 heteroatoms. The highest BCUT2D eigenvalue weighted by molar-refractivity contribution is 8.14. The summed E-state index contributed by atoms with van der Waals surface area (Å²) in [6.45, 7) is 7.87. The predicted molar refractivity (Wildman–Crippen MR) is 113 cm³/mol. The fraction of sp³-hybridized carbons (Fsp3) is 0.600. The van der Waals surface area contributed by atoms with Gasteiger partial charge >= 0.3 is 0 Å². The number of rotatable bonds is 9. The number of anilines is 1. The van der Waals surface area contributed by atoms with Crippen LogP contribution in [0, 0.1) is 6.92 Å². The van der Waals surface area contributed by atoms with Gasteiger partial charge in [0.15, 0.2) is 5.17 Å². The number of hydrogen-bond acceptors (Lipinski definition) is 5. The number of nitrogens with zero attached hydrogens (tertiary/aromatic N) is 1. The quantitative estimate of drug-likeness (QED) is 0.571. The van der Waals surface area contributed by atoms with Crippen molar-refractivity contribution in [3.8, 4) is 0 Å². The Morgan fingerprint density at radius 1 is 1.19 bits per heavy atom. The number of thioether (sulfide) groups is 1. The van der Waals surface area contributed by atoms with Gasteiger partial charge in [-0.15, -0.1) is 0 Å². The fourth-order valence-corrected chi connectivity index (χ4v) is 3.82. The van der Waals surface area contributed by atoms with E-state index >= 15 is 0 Å². The minimum atomic E-state index is -0.0829. The molecule has 5 nitrogen and oxygen atoms in total. The van der Waals surface area contributed by atoms with E-state index in [1.165, 1.54) is 19.3 Å². The van der Waals surface area contributed by atoms with Crippen LogP contribution in [0.3, 0.4) is 0 Å². The maximum Gasteiger partial charge on any atom is 0.257 e. The van der Waals surface area contributed by atoms with Crippen LogP contribution < -0.4 is 16.4 Å². The Labute approximate surface area is 161 Å². The van der Waals surface area contributed by atoms with Gasteiger partial charge in [0.2, 0.25) is 0 Å². The van der Waals surface area contributed by atoms with Crippen LogP contribution in [0.2, 0.25) is 0 Å². The summed E-state index contributed by atoms with van der Waals surface area (Å²) in [5, 5.41) is 7.52. The number of hydrogen-bond donors (Lipinski definition) is 3. The Bertz CT molecular complexity index is 632. The minimum absolute atomic E-state index is 0.0829. The van der Waals surface area contributed by atoms with Gasteiger partial charge in [-0.3, -0.25) is 9.79 Å². The average molecular weight is 377 g/mol. The number of carbonyl (C=O) groups is 1. The molecule has 0 saturated carbocycles. The molecule has 0 fully saturated rings. The van der Waals surface area contributed by atoms with E-state index in [-0.39, 0.29) is 11.9 Å². The molecule has 0 aliphatic carbocycles. The van der Waals surface area contributed by atoms with E-state index in [1.54, 1.807) is 11.8 Å². The lowest BCUT2D eigenvalue weighted by molar-refractivity contribution is 0.0977. The second-order valence-corrected chi connectivity index (χ2v) is 8.33. The van der Waals surface area contributed by atoms with Crippen LogP contribution in [0.15, 0.2) is 23.2 Å². The molecule has 2 rings (SSSR count). The number of carbonyl (C=O) groups excluding carboxylic acids is 1. The monoisotopic (exact) mass is 376 g/mol. The van der Waals surface area contributed by atoms with Crippen LogP contribution in [-0.2, 0) is 0 Å². The molecular weight excluding hydrogens is 344 g/mol. The van der Waals surface area contributed by atoms with E-state index in [2.05, 4.69) is 29.5 Å². The average Bonchev–Trinajstić information content (AvgIpc) is 2.92. The van der Waals surface area contributed by atoms with E-state index in [0.717, 1.165) is 42.3 Å². The zero-order valence-electron chi connectivity index (χ0n) is 16.2. The Hall–Kier alpha value is -1.53. The van der Waals surface area contributed by atoms with Crippen molar-refractivity contribution in [1.82, 2.24) is 5.32 Å². The molecule has 26 heavy (non-hydrogen) atoms. The topological polar surface area (TPSA) is 79.5 Å². The maximum absolute atomic E-state index is 12.6. The van der Waals surface area contributed by atoms with Gasteiger partial charge in [0.25, 0.3) is 5.91 Å². The Morgan fingerprint density at radius 2 is 1.92 bits per heavy atom. The summed E-state index contributed by atoms with van der Waals surface area (Å²) >= 11 is 1.63. The number of nitrogens with two attached hydrogens (primary N) is 1. The first-order valence-corrected chi connectivity index (χ1v) is 10.5. The van der Waals surface area contributed by atoms with Gasteiger partial charge in [0.1, 0.15) is 0 Å². The molecule has 1 aromatic carbocycles. The lowest BCUT2D eigenvalue weighted by atomic mass is 10.1. The number of nitrogens with one attached hydrogen (secondary N) is 2. The molecule has 2 unspecified atom stereocenters. The van der Waals surface area contributed by atoms with Crippen LogP contribution in [0.25, 0.3) is 0 Å². The minimum Gasteiger partial charge on any atom is -0.385 e. The standard InChI is InChI=1S/C20H32N4OS/c1-14-9-10-17(22-12-8-6-4-5-7-11-21)13-18(14)19(25)24-20-23-15(2)16(3)26-20/h9-10,13,15-16,22H,4-8,11-12,21H2,1-3H3,(H,23,24,25). The summed E-state index contributed by atoms with van der Waals surface area (Å²) in [7, 11) is 0. The van der Waals surface area contributed by atoms with Crippen LogP contribution in [0.1, 0.15) is 61.9 Å². The van der Waals surface area contributed by atoms with Crippen molar-refractivity contribution in [2.75, 3.05) is 18.4 Å². The molecule has 0 saturated heterocycles. The molecule has 1 aromatic rings. The summed E-state index contributed by atoms with van der Waals surface area (Å²) in [5.41, 5.74) is 8.17. The van der Waals surface area contributed by atoms with Gasteiger partial charge in [0, 0.05) is 23.0 Å². The zero-order valence-corrected chi connectivity index (χ0v) is 17.0. The number of amides is 1. The molecule has 0 radical (unpaired) electrons. The Balaban J connectivity index is 1.84. The van der Waals surface area contributed by atoms with Gasteiger partial charge in [-0.25, -0.2) is 0 Å². The third-order valence-electron chi connectivity index (χ3n) is 4.71. The molecule has 1 heterocycles. The summed E-state index contributed by atoms with van der Waals surface area (Å²) in [6, 6.07) is 6.21. The number of aryl methyl sites for hydroxylation is 1. The van der Waals surface area contributed by atoms with Crippen LogP contribution in [0.4, 0.5) is 5.69 Å². The van der Waals surface area contributed by atoms with Gasteiger partial charge in [-0.1, -0.05) is 44.0 Å². The normalized spacial score (nSPS) is 19.3. The van der Waals surface area contributed by atoms with E-state index in [1.807, 2.05) is 25.1 Å². The molecule has 1 aliphatic rings. The second-order valence-electron chi connectivity index (χ2n) is 6.96. The van der Waals surface area contributed by atoms with Crippen molar-refractivity contribution >= 4 is 28.5 Å². The number of amidine groups is 1. The van der Waals surface area contributed by atoms with Crippen molar-refractivity contribution in [1.29, 1.82) is 0 Å². The molecular formula is C20H32N4OS. The van der Waals surface area contributed by atoms with Crippen molar-refractivity contribution in [2.24, 2.45) is 10.7 Å². The third-order valence-corrected chi connectivity index (χ3v) is 5.91. The second kappa shape index (κ2) is 10.6. The maximum atomic E-state index is 12.6.